The van der Waals surface area contributed by atoms with E-state index in [2.05, 4.69) is 15.2 Å². The van der Waals surface area contributed by atoms with Crippen LogP contribution in [-0.4, -0.2) is 55.7 Å². The largest absolute Gasteiger partial charge is 0.379 e. The smallest absolute Gasteiger partial charge is 0.183 e. The molecule has 5 nitrogen and oxygen atoms in total. The van der Waals surface area contributed by atoms with E-state index in [1.165, 1.54) is 11.8 Å². The van der Waals surface area contributed by atoms with Crippen LogP contribution in [-0.2, 0) is 4.74 Å². The molecule has 1 saturated heterocycles. The zero-order valence-electron chi connectivity index (χ0n) is 8.90. The van der Waals surface area contributed by atoms with E-state index < -0.39 is 0 Å². The standard InChI is InChI=1S/C9H16N4OS/c1-15-9(12-8-10)11-2-3-13-4-6-14-7-5-13/h2-7H2,1H3,(H,11,12). The highest BCUT2D eigenvalue weighted by Crippen LogP contribution is 1.98. The first-order chi connectivity index (χ1) is 7.36. The van der Waals surface area contributed by atoms with Crippen LogP contribution in [0.15, 0.2) is 4.99 Å². The van der Waals surface area contributed by atoms with Crippen LogP contribution in [0, 0.1) is 11.5 Å². The van der Waals surface area contributed by atoms with Crippen molar-refractivity contribution in [2.45, 2.75) is 0 Å². The number of aliphatic imine (C=N–C) groups is 1. The number of ether oxygens (including phenoxy) is 1. The van der Waals surface area contributed by atoms with Gasteiger partial charge >= 0.3 is 0 Å². The van der Waals surface area contributed by atoms with E-state index >= 15 is 0 Å². The van der Waals surface area contributed by atoms with Gasteiger partial charge in [-0.3, -0.25) is 15.2 Å². The molecule has 1 aliphatic rings. The summed E-state index contributed by atoms with van der Waals surface area (Å²) in [5.41, 5.74) is 0. The Balaban J connectivity index is 2.20. The van der Waals surface area contributed by atoms with Crippen molar-refractivity contribution < 1.29 is 4.74 Å². The zero-order chi connectivity index (χ0) is 10.9. The van der Waals surface area contributed by atoms with Gasteiger partial charge in [-0.2, -0.15) is 5.26 Å². The lowest BCUT2D eigenvalue weighted by Crippen LogP contribution is -2.37. The molecule has 0 bridgehead atoms. The van der Waals surface area contributed by atoms with Crippen LogP contribution < -0.4 is 5.32 Å². The summed E-state index contributed by atoms with van der Waals surface area (Å²) in [5.74, 6) is 0. The second kappa shape index (κ2) is 7.51. The molecule has 0 unspecified atom stereocenters. The molecule has 0 aromatic heterocycles. The number of hydrogen-bond donors (Lipinski definition) is 1. The zero-order valence-corrected chi connectivity index (χ0v) is 9.72. The van der Waals surface area contributed by atoms with Crippen LogP contribution in [0.3, 0.4) is 0 Å². The fraction of sp³-hybridized carbons (Fsp3) is 0.778. The first kappa shape index (κ1) is 12.3. The molecular formula is C9H16N4OS. The van der Waals surface area contributed by atoms with Crippen LogP contribution in [0.4, 0.5) is 0 Å². The minimum atomic E-state index is 0.686. The molecule has 1 aliphatic heterocycles. The molecule has 6 heteroatoms. The number of nitrogens with zero attached hydrogens (tertiary/aromatic N) is 3. The molecule has 1 fully saturated rings. The van der Waals surface area contributed by atoms with Crippen molar-refractivity contribution in [3.05, 3.63) is 0 Å². The third kappa shape index (κ3) is 5.02. The predicted octanol–water partition coefficient (Wildman–Crippen LogP) is 0.108. The number of nitrogens with one attached hydrogen (secondary N) is 1. The molecule has 0 spiro atoms. The van der Waals surface area contributed by atoms with Crippen molar-refractivity contribution in [3.63, 3.8) is 0 Å². The first-order valence-corrected chi connectivity index (χ1v) is 6.13. The summed E-state index contributed by atoms with van der Waals surface area (Å²) in [7, 11) is 0. The van der Waals surface area contributed by atoms with E-state index in [9.17, 15) is 0 Å². The van der Waals surface area contributed by atoms with Gasteiger partial charge < -0.3 is 4.74 Å². The number of hydrogen-bond acceptors (Lipinski definition) is 5. The van der Waals surface area contributed by atoms with Gasteiger partial charge in [-0.25, -0.2) is 0 Å². The summed E-state index contributed by atoms with van der Waals surface area (Å²) in [6.07, 6.45) is 3.77. The fourth-order valence-electron chi connectivity index (χ4n) is 1.32. The third-order valence-corrected chi connectivity index (χ3v) is 2.75. The Morgan fingerprint density at radius 3 is 2.93 bits per heavy atom. The van der Waals surface area contributed by atoms with Gasteiger partial charge in [0.1, 0.15) is 0 Å². The normalized spacial score (nSPS) is 18.5. The molecule has 15 heavy (non-hydrogen) atoms. The Bertz CT molecular complexity index is 245. The SMILES string of the molecule is CSC(=NCCN1CCOCC1)NC#N. The van der Waals surface area contributed by atoms with Crippen LogP contribution in [0.5, 0.6) is 0 Å². The topological polar surface area (TPSA) is 60.6 Å². The lowest BCUT2D eigenvalue weighted by molar-refractivity contribution is 0.0394. The molecule has 0 aliphatic carbocycles. The van der Waals surface area contributed by atoms with Crippen molar-refractivity contribution in [3.8, 4) is 6.19 Å². The number of thioether (sulfide) groups is 1. The van der Waals surface area contributed by atoms with Gasteiger partial charge in [0.15, 0.2) is 11.4 Å². The average Bonchev–Trinajstić information content (AvgIpc) is 2.29. The summed E-state index contributed by atoms with van der Waals surface area (Å²) in [5, 5.41) is 11.7. The summed E-state index contributed by atoms with van der Waals surface area (Å²) in [6.45, 7) is 5.25. The first-order valence-electron chi connectivity index (χ1n) is 4.90. The maximum Gasteiger partial charge on any atom is 0.183 e. The minimum Gasteiger partial charge on any atom is -0.379 e. The van der Waals surface area contributed by atoms with Crippen molar-refractivity contribution in [2.24, 2.45) is 4.99 Å². The number of rotatable bonds is 3. The van der Waals surface area contributed by atoms with Crippen molar-refractivity contribution in [1.82, 2.24) is 10.2 Å². The van der Waals surface area contributed by atoms with E-state index in [4.69, 9.17) is 10.00 Å². The molecular weight excluding hydrogens is 212 g/mol. The van der Waals surface area contributed by atoms with Crippen molar-refractivity contribution >= 4 is 16.9 Å². The quantitative estimate of drug-likeness (QED) is 0.321. The minimum absolute atomic E-state index is 0.686. The van der Waals surface area contributed by atoms with Gasteiger partial charge in [0, 0.05) is 19.6 Å². The summed E-state index contributed by atoms with van der Waals surface area (Å²) in [6, 6.07) is 0. The van der Waals surface area contributed by atoms with Crippen LogP contribution in [0.1, 0.15) is 0 Å². The number of morpholine rings is 1. The van der Waals surface area contributed by atoms with Gasteiger partial charge in [0.25, 0.3) is 0 Å². The van der Waals surface area contributed by atoms with E-state index in [1.54, 1.807) is 0 Å². The van der Waals surface area contributed by atoms with E-state index in [0.717, 1.165) is 39.4 Å². The molecule has 1 heterocycles. The molecule has 0 atom stereocenters. The van der Waals surface area contributed by atoms with Crippen molar-refractivity contribution in [1.29, 1.82) is 5.26 Å². The maximum atomic E-state index is 8.43. The van der Waals surface area contributed by atoms with Gasteiger partial charge in [-0.15, -0.1) is 0 Å². The molecule has 0 saturated carbocycles. The number of amidine groups is 1. The Hall–Kier alpha value is -0.770. The highest BCUT2D eigenvalue weighted by molar-refractivity contribution is 8.13. The highest BCUT2D eigenvalue weighted by Gasteiger charge is 2.08. The molecule has 1 rings (SSSR count). The lowest BCUT2D eigenvalue weighted by Gasteiger charge is -2.25. The predicted molar refractivity (Wildman–Crippen MR) is 61.8 cm³/mol. The van der Waals surface area contributed by atoms with Crippen LogP contribution >= 0.6 is 11.8 Å². The molecule has 84 valence electrons. The summed E-state index contributed by atoms with van der Waals surface area (Å²) in [4.78, 5) is 6.61. The molecule has 0 radical (unpaired) electrons. The summed E-state index contributed by atoms with van der Waals surface area (Å²) < 4.78 is 5.25. The molecule has 0 aromatic rings. The van der Waals surface area contributed by atoms with E-state index in [0.29, 0.717) is 5.17 Å². The van der Waals surface area contributed by atoms with Crippen LogP contribution in [0.25, 0.3) is 0 Å². The Morgan fingerprint density at radius 2 is 2.33 bits per heavy atom. The second-order valence-corrected chi connectivity index (χ2v) is 3.88. The Kier molecular flexibility index (Phi) is 6.16. The van der Waals surface area contributed by atoms with Gasteiger partial charge in [-0.1, -0.05) is 11.8 Å². The van der Waals surface area contributed by atoms with Gasteiger partial charge in [0.05, 0.1) is 19.8 Å². The van der Waals surface area contributed by atoms with E-state index in [-0.39, 0.29) is 0 Å². The average molecular weight is 228 g/mol. The van der Waals surface area contributed by atoms with Gasteiger partial charge in [0.2, 0.25) is 0 Å². The number of nitriles is 1. The fourth-order valence-corrected chi connectivity index (χ4v) is 1.69. The van der Waals surface area contributed by atoms with Gasteiger partial charge in [-0.05, 0) is 6.26 Å². The molecule has 1 N–H and O–H groups in total. The maximum absolute atomic E-state index is 8.43. The van der Waals surface area contributed by atoms with E-state index in [1.807, 2.05) is 12.4 Å². The van der Waals surface area contributed by atoms with Crippen molar-refractivity contribution in [2.75, 3.05) is 45.6 Å². The summed E-state index contributed by atoms with van der Waals surface area (Å²) >= 11 is 1.45. The lowest BCUT2D eigenvalue weighted by atomic mass is 10.4. The third-order valence-electron chi connectivity index (χ3n) is 2.13. The second-order valence-electron chi connectivity index (χ2n) is 3.08. The highest BCUT2D eigenvalue weighted by atomic mass is 32.2. The molecule has 0 amide bonds. The Morgan fingerprint density at radius 1 is 1.60 bits per heavy atom. The monoisotopic (exact) mass is 228 g/mol. The Labute approximate surface area is 94.5 Å². The molecule has 0 aromatic carbocycles. The van der Waals surface area contributed by atoms with Crippen LogP contribution in [0.2, 0.25) is 0 Å².